The molecule has 1 aliphatic heterocycles. The van der Waals surface area contributed by atoms with E-state index in [1.807, 2.05) is 36.4 Å². The number of carbonyl (C=O) groups excluding carboxylic acids is 1. The van der Waals surface area contributed by atoms with Crippen LogP contribution in [0.2, 0.25) is 0 Å². The highest BCUT2D eigenvalue weighted by atomic mass is 32.2. The number of halogens is 3. The number of ether oxygens (including phenoxy) is 1. The number of nitrogens with zero attached hydrogens (tertiary/aromatic N) is 5. The average molecular weight is 665 g/mol. The lowest BCUT2D eigenvalue weighted by molar-refractivity contribution is -0.274. The van der Waals surface area contributed by atoms with Crippen molar-refractivity contribution in [3.8, 4) is 22.8 Å². The lowest BCUT2D eigenvalue weighted by Gasteiger charge is -2.24. The van der Waals surface area contributed by atoms with E-state index in [4.69, 9.17) is 12.2 Å². The van der Waals surface area contributed by atoms with E-state index < -0.39 is 6.36 Å². The molecule has 6 rings (SSSR count). The molecule has 0 spiro atoms. The van der Waals surface area contributed by atoms with Gasteiger partial charge in [0, 0.05) is 18.0 Å². The molecule has 0 saturated carbocycles. The van der Waals surface area contributed by atoms with E-state index in [9.17, 15) is 18.0 Å². The molecule has 238 valence electrons. The van der Waals surface area contributed by atoms with Gasteiger partial charge in [0.2, 0.25) is 5.91 Å². The number of aliphatic imine (C=N–C) groups is 1. The summed E-state index contributed by atoms with van der Waals surface area (Å²) in [7, 11) is 0. The maximum atomic E-state index is 12.9. The van der Waals surface area contributed by atoms with Crippen LogP contribution in [0.25, 0.3) is 17.1 Å². The second-order valence-corrected chi connectivity index (χ2v) is 12.3. The van der Waals surface area contributed by atoms with Crippen molar-refractivity contribution in [1.82, 2.24) is 20.1 Å². The van der Waals surface area contributed by atoms with Crippen molar-refractivity contribution < 1.29 is 22.7 Å². The number of carbonyl (C=O) groups is 1. The van der Waals surface area contributed by atoms with Gasteiger partial charge in [-0.2, -0.15) is 4.99 Å². The maximum absolute atomic E-state index is 12.9. The Bertz CT molecular complexity index is 1760. The molecule has 1 saturated heterocycles. The smallest absolute Gasteiger partial charge is 0.406 e. The Morgan fingerprint density at radius 1 is 1.09 bits per heavy atom. The molecule has 1 atom stereocenters. The molecule has 3 aromatic carbocycles. The summed E-state index contributed by atoms with van der Waals surface area (Å²) in [6, 6.07) is 19.5. The molecular weight excluding hydrogens is 634 g/mol. The molecule has 1 amide bonds. The Hall–Kier alpha value is -4.23. The first kappa shape index (κ1) is 31.7. The van der Waals surface area contributed by atoms with Crippen molar-refractivity contribution in [2.75, 3.05) is 17.2 Å². The summed E-state index contributed by atoms with van der Waals surface area (Å²) in [5.74, 6) is 0.694. The number of fused-ring (bicyclic) bond motifs is 1. The first-order valence-corrected chi connectivity index (χ1v) is 16.4. The first-order chi connectivity index (χ1) is 22.2. The minimum atomic E-state index is -4.75. The third-order valence-corrected chi connectivity index (χ3v) is 9.19. The normalized spacial score (nSPS) is 16.4. The topological polar surface area (TPSA) is 84.6 Å². The zero-order valence-electron chi connectivity index (χ0n) is 25.0. The largest absolute Gasteiger partial charge is 0.573 e. The third kappa shape index (κ3) is 7.26. The number of amides is 1. The van der Waals surface area contributed by atoms with Gasteiger partial charge in [-0.15, -0.1) is 18.3 Å². The highest BCUT2D eigenvalue weighted by Gasteiger charge is 2.33. The van der Waals surface area contributed by atoms with Gasteiger partial charge < -0.3 is 10.1 Å². The Morgan fingerprint density at radius 2 is 1.85 bits per heavy atom. The van der Waals surface area contributed by atoms with E-state index in [-0.39, 0.29) is 17.6 Å². The lowest BCUT2D eigenvalue weighted by Crippen LogP contribution is -2.33. The third-order valence-electron chi connectivity index (χ3n) is 8.03. The Kier molecular flexibility index (Phi) is 9.41. The van der Waals surface area contributed by atoms with E-state index in [0.29, 0.717) is 34.1 Å². The number of alkyl halides is 3. The second-order valence-electron chi connectivity index (χ2n) is 11.0. The minimum absolute atomic E-state index is 0.0183. The van der Waals surface area contributed by atoms with Crippen LogP contribution < -0.4 is 15.0 Å². The number of benzene rings is 3. The highest BCUT2D eigenvalue weighted by molar-refractivity contribution is 8.15. The van der Waals surface area contributed by atoms with Crippen molar-refractivity contribution in [1.29, 1.82) is 0 Å². The molecule has 4 aromatic rings. The molecule has 46 heavy (non-hydrogen) atoms. The number of hydrogen-bond donors (Lipinski definition) is 1. The van der Waals surface area contributed by atoms with Crippen LogP contribution in [0.3, 0.4) is 0 Å². The first-order valence-electron chi connectivity index (χ1n) is 15.0. The van der Waals surface area contributed by atoms with Crippen LogP contribution in [0.15, 0.2) is 78.0 Å². The monoisotopic (exact) mass is 664 g/mol. The van der Waals surface area contributed by atoms with Gasteiger partial charge in [0.25, 0.3) is 0 Å². The number of amidine groups is 1. The van der Waals surface area contributed by atoms with Crippen molar-refractivity contribution in [3.63, 3.8) is 0 Å². The predicted octanol–water partition coefficient (Wildman–Crippen LogP) is 7.22. The molecule has 2 heterocycles. The van der Waals surface area contributed by atoms with Gasteiger partial charge in [-0.1, -0.05) is 55.1 Å². The molecule has 2 aliphatic rings. The fraction of sp³-hybridized carbons (Fsp3) is 0.303. The summed E-state index contributed by atoms with van der Waals surface area (Å²) in [4.78, 5) is 23.7. The van der Waals surface area contributed by atoms with E-state index in [1.54, 1.807) is 4.90 Å². The van der Waals surface area contributed by atoms with Crippen LogP contribution in [0, 0.1) is 0 Å². The summed E-state index contributed by atoms with van der Waals surface area (Å²) in [5.41, 5.74) is 5.93. The number of hydrogen-bond acceptors (Lipinski definition) is 6. The number of thiocarbonyl (C=S) groups is 1. The van der Waals surface area contributed by atoms with Crippen molar-refractivity contribution in [3.05, 3.63) is 89.7 Å². The zero-order valence-corrected chi connectivity index (χ0v) is 26.6. The molecule has 1 aliphatic carbocycles. The summed E-state index contributed by atoms with van der Waals surface area (Å²) in [5, 5.41) is 8.72. The van der Waals surface area contributed by atoms with Gasteiger partial charge in [0.1, 0.15) is 12.1 Å². The second kappa shape index (κ2) is 13.6. The van der Waals surface area contributed by atoms with Crippen LogP contribution in [0.5, 0.6) is 5.75 Å². The number of rotatable bonds is 8. The maximum Gasteiger partial charge on any atom is 0.573 e. The van der Waals surface area contributed by atoms with Crippen LogP contribution >= 0.6 is 24.0 Å². The van der Waals surface area contributed by atoms with Crippen molar-refractivity contribution >= 4 is 45.9 Å². The fourth-order valence-corrected chi connectivity index (χ4v) is 6.81. The molecule has 1 N–H and O–H groups in total. The molecule has 8 nitrogen and oxygen atoms in total. The van der Waals surface area contributed by atoms with Gasteiger partial charge >= 0.3 is 6.36 Å². The summed E-state index contributed by atoms with van der Waals surface area (Å²) >= 11 is 7.01. The SMILES string of the molecule is CCC(CNC(=S)N=C1SCC(=O)N1c1cccc2c1CCCC2)c1ccc(-c2ncn(-c3ccc(OC(F)(F)F)cc3)n2)cc1. The van der Waals surface area contributed by atoms with Gasteiger partial charge in [-0.05, 0) is 91.3 Å². The molecular formula is C33H31F3N6O2S2. The minimum Gasteiger partial charge on any atom is -0.406 e. The van der Waals surface area contributed by atoms with Crippen LogP contribution in [-0.4, -0.2) is 49.6 Å². The van der Waals surface area contributed by atoms with Crippen molar-refractivity contribution in [2.24, 2.45) is 4.99 Å². The molecule has 0 radical (unpaired) electrons. The van der Waals surface area contributed by atoms with E-state index in [1.165, 1.54) is 64.6 Å². The Morgan fingerprint density at radius 3 is 2.59 bits per heavy atom. The average Bonchev–Trinajstić information content (AvgIpc) is 3.68. The standard InChI is InChI=1S/C33H31F3N6O2S2/c1-2-21(18-37-31(45)39-32-42(29(43)19-46-32)28-9-5-7-23-6-3-4-8-27(23)28)22-10-12-24(13-11-22)30-38-20-41(40-30)25-14-16-26(17-15-25)44-33(34,35)36/h5,7,9-17,20-21H,2-4,6,8,18-19H2,1H3,(H,37,45). The van der Waals surface area contributed by atoms with E-state index in [2.05, 4.69) is 38.1 Å². The van der Waals surface area contributed by atoms with Crippen molar-refractivity contribution in [2.45, 2.75) is 51.3 Å². The lowest BCUT2D eigenvalue weighted by atomic mass is 9.90. The molecule has 1 aromatic heterocycles. The fourth-order valence-electron chi connectivity index (χ4n) is 5.71. The van der Waals surface area contributed by atoms with Gasteiger partial charge in [-0.25, -0.2) is 9.67 Å². The molecule has 1 unspecified atom stereocenters. The number of thioether (sulfide) groups is 1. The van der Waals surface area contributed by atoms with Gasteiger partial charge in [-0.3, -0.25) is 9.69 Å². The molecule has 1 fully saturated rings. The van der Waals surface area contributed by atoms with Gasteiger partial charge in [0.15, 0.2) is 16.1 Å². The summed E-state index contributed by atoms with van der Waals surface area (Å²) in [6.07, 6.45) is 1.90. The molecule has 0 bridgehead atoms. The zero-order chi connectivity index (χ0) is 32.3. The Balaban J connectivity index is 1.09. The summed E-state index contributed by atoms with van der Waals surface area (Å²) in [6.45, 7) is 2.68. The van der Waals surface area contributed by atoms with E-state index in [0.717, 1.165) is 42.5 Å². The predicted molar refractivity (Wildman–Crippen MR) is 178 cm³/mol. The molecule has 13 heteroatoms. The van der Waals surface area contributed by atoms with Gasteiger partial charge in [0.05, 0.1) is 17.1 Å². The number of anilines is 1. The quantitative estimate of drug-likeness (QED) is 0.199. The number of aromatic nitrogens is 3. The van der Waals surface area contributed by atoms with Crippen LogP contribution in [0.1, 0.15) is 48.8 Å². The van der Waals surface area contributed by atoms with Crippen LogP contribution in [-0.2, 0) is 17.6 Å². The van der Waals surface area contributed by atoms with E-state index >= 15 is 0 Å². The van der Waals surface area contributed by atoms with Crippen LogP contribution in [0.4, 0.5) is 18.9 Å². The Labute approximate surface area is 274 Å². The summed E-state index contributed by atoms with van der Waals surface area (Å²) < 4.78 is 42.8. The highest BCUT2D eigenvalue weighted by Crippen LogP contribution is 2.35. The number of nitrogens with one attached hydrogen (secondary N) is 1. The number of aryl methyl sites for hydroxylation is 1.